The smallest absolute Gasteiger partial charge is 0.232 e. The number of methoxy groups -OCH3 is 1. The summed E-state index contributed by atoms with van der Waals surface area (Å²) in [6.45, 7) is 1.48. The minimum atomic E-state index is -3.56. The van der Waals surface area contributed by atoms with E-state index in [4.69, 9.17) is 4.74 Å². The van der Waals surface area contributed by atoms with Crippen LogP contribution < -0.4 is 13.8 Å². The molecule has 120 valence electrons. The molecule has 9 heteroatoms. The summed E-state index contributed by atoms with van der Waals surface area (Å²) in [5.41, 5.74) is 0.373. The number of hydrogen-bond acceptors (Lipinski definition) is 5. The van der Waals surface area contributed by atoms with Gasteiger partial charge < -0.3 is 4.74 Å². The number of nitrogens with one attached hydrogen (secondary N) is 1. The highest BCUT2D eigenvalue weighted by Crippen LogP contribution is 2.28. The van der Waals surface area contributed by atoms with Crippen LogP contribution >= 0.6 is 0 Å². The van der Waals surface area contributed by atoms with Crippen LogP contribution in [0.3, 0.4) is 0 Å². The van der Waals surface area contributed by atoms with E-state index in [9.17, 15) is 16.8 Å². The molecule has 0 unspecified atom stereocenters. The lowest BCUT2D eigenvalue weighted by atomic mass is 10.3. The van der Waals surface area contributed by atoms with Crippen LogP contribution in [0.1, 0.15) is 6.92 Å². The van der Waals surface area contributed by atoms with Gasteiger partial charge in [-0.2, -0.15) is 0 Å². The van der Waals surface area contributed by atoms with Crippen molar-refractivity contribution in [2.45, 2.75) is 6.92 Å². The number of anilines is 1. The van der Waals surface area contributed by atoms with Crippen LogP contribution in [0.2, 0.25) is 0 Å². The third-order valence-corrected chi connectivity index (χ3v) is 5.36. The lowest BCUT2D eigenvalue weighted by molar-refractivity contribution is 0.415. The Bertz CT molecular complexity index is 671. The maximum atomic E-state index is 11.9. The number of ether oxygens (including phenoxy) is 1. The van der Waals surface area contributed by atoms with E-state index < -0.39 is 20.0 Å². The van der Waals surface area contributed by atoms with E-state index in [0.29, 0.717) is 11.4 Å². The predicted molar refractivity (Wildman–Crippen MR) is 82.6 cm³/mol. The van der Waals surface area contributed by atoms with Crippen molar-refractivity contribution in [3.8, 4) is 5.75 Å². The molecule has 0 aliphatic rings. The molecular formula is C12H20N2O5S2. The van der Waals surface area contributed by atoms with E-state index in [-0.39, 0.29) is 18.8 Å². The fourth-order valence-corrected chi connectivity index (χ4v) is 3.24. The monoisotopic (exact) mass is 336 g/mol. The van der Waals surface area contributed by atoms with Gasteiger partial charge in [-0.05, 0) is 19.1 Å². The average Bonchev–Trinajstić information content (AvgIpc) is 2.42. The highest BCUT2D eigenvalue weighted by atomic mass is 32.2. The van der Waals surface area contributed by atoms with Crippen molar-refractivity contribution < 1.29 is 21.6 Å². The van der Waals surface area contributed by atoms with Gasteiger partial charge in [0.25, 0.3) is 0 Å². The zero-order valence-corrected chi connectivity index (χ0v) is 13.9. The zero-order valence-electron chi connectivity index (χ0n) is 12.2. The molecule has 0 atom stereocenters. The van der Waals surface area contributed by atoms with Crippen LogP contribution in [0.5, 0.6) is 5.75 Å². The molecule has 0 aromatic heterocycles. The lowest BCUT2D eigenvalue weighted by Gasteiger charge is -2.24. The number of benzene rings is 1. The van der Waals surface area contributed by atoms with Gasteiger partial charge in [0.2, 0.25) is 20.0 Å². The standard InChI is InChI=1S/C12H20N2O5S2/c1-4-21(17,18)13-9-10-14(20(3,15)16)11-7-5-6-8-12(11)19-2/h5-8,13H,4,9-10H2,1-3H3. The number of para-hydroxylation sites is 2. The quantitative estimate of drug-likeness (QED) is 0.742. The van der Waals surface area contributed by atoms with Crippen molar-refractivity contribution in [3.63, 3.8) is 0 Å². The maximum Gasteiger partial charge on any atom is 0.232 e. The van der Waals surface area contributed by atoms with Gasteiger partial charge >= 0.3 is 0 Å². The molecular weight excluding hydrogens is 316 g/mol. The van der Waals surface area contributed by atoms with Crippen LogP contribution in [-0.2, 0) is 20.0 Å². The Hall–Kier alpha value is -1.32. The molecule has 1 aromatic rings. The van der Waals surface area contributed by atoms with Crippen LogP contribution in [0.15, 0.2) is 24.3 Å². The molecule has 1 N–H and O–H groups in total. The molecule has 0 aliphatic heterocycles. The van der Waals surface area contributed by atoms with Crippen LogP contribution in [0, 0.1) is 0 Å². The van der Waals surface area contributed by atoms with Crippen molar-refractivity contribution >= 4 is 25.7 Å². The predicted octanol–water partition coefficient (Wildman–Crippen LogP) is 0.400. The number of sulfonamides is 2. The van der Waals surface area contributed by atoms with Gasteiger partial charge in [-0.3, -0.25) is 4.31 Å². The van der Waals surface area contributed by atoms with Crippen molar-refractivity contribution in [2.75, 3.05) is 36.5 Å². The molecule has 0 saturated heterocycles. The summed E-state index contributed by atoms with van der Waals surface area (Å²) in [7, 11) is -5.47. The molecule has 0 fully saturated rings. The fraction of sp³-hybridized carbons (Fsp3) is 0.500. The fourth-order valence-electron chi connectivity index (χ4n) is 1.71. The van der Waals surface area contributed by atoms with E-state index in [1.54, 1.807) is 24.3 Å². The molecule has 21 heavy (non-hydrogen) atoms. The number of hydrogen-bond donors (Lipinski definition) is 1. The third-order valence-electron chi connectivity index (χ3n) is 2.77. The Labute approximate surface area is 126 Å². The summed E-state index contributed by atoms with van der Waals surface area (Å²) in [5, 5.41) is 0. The first kappa shape index (κ1) is 17.7. The Morgan fingerprint density at radius 1 is 1.19 bits per heavy atom. The van der Waals surface area contributed by atoms with Crippen LogP contribution in [-0.4, -0.2) is 49.0 Å². The summed E-state index contributed by atoms with van der Waals surface area (Å²) < 4.78 is 55.2. The van der Waals surface area contributed by atoms with Crippen molar-refractivity contribution in [3.05, 3.63) is 24.3 Å². The first-order valence-electron chi connectivity index (χ1n) is 6.29. The van der Waals surface area contributed by atoms with E-state index in [1.165, 1.54) is 14.0 Å². The summed E-state index contributed by atoms with van der Waals surface area (Å²) in [4.78, 5) is 0. The van der Waals surface area contributed by atoms with Gasteiger partial charge in [0, 0.05) is 13.1 Å². The molecule has 0 amide bonds. The van der Waals surface area contributed by atoms with Gasteiger partial charge in [0.1, 0.15) is 5.75 Å². The zero-order chi connectivity index (χ0) is 16.1. The number of nitrogens with zero attached hydrogens (tertiary/aromatic N) is 1. The summed E-state index contributed by atoms with van der Waals surface area (Å²) >= 11 is 0. The van der Waals surface area contributed by atoms with E-state index in [2.05, 4.69) is 4.72 Å². The molecule has 0 bridgehead atoms. The van der Waals surface area contributed by atoms with Gasteiger partial charge in [-0.15, -0.1) is 0 Å². The topological polar surface area (TPSA) is 92.8 Å². The van der Waals surface area contributed by atoms with E-state index in [0.717, 1.165) is 10.6 Å². The molecule has 0 heterocycles. The van der Waals surface area contributed by atoms with Crippen LogP contribution in [0.25, 0.3) is 0 Å². The summed E-state index contributed by atoms with van der Waals surface area (Å²) in [6.07, 6.45) is 1.06. The second-order valence-corrected chi connectivity index (χ2v) is 8.31. The third kappa shape index (κ3) is 5.18. The van der Waals surface area contributed by atoms with Crippen molar-refractivity contribution in [1.82, 2.24) is 4.72 Å². The highest BCUT2D eigenvalue weighted by Gasteiger charge is 2.21. The van der Waals surface area contributed by atoms with Gasteiger partial charge in [0.05, 0.1) is 24.8 Å². The van der Waals surface area contributed by atoms with E-state index >= 15 is 0 Å². The molecule has 0 aliphatic carbocycles. The van der Waals surface area contributed by atoms with Crippen molar-refractivity contribution in [2.24, 2.45) is 0 Å². The Morgan fingerprint density at radius 2 is 1.81 bits per heavy atom. The largest absolute Gasteiger partial charge is 0.495 e. The van der Waals surface area contributed by atoms with Crippen LogP contribution in [0.4, 0.5) is 5.69 Å². The second kappa shape index (κ2) is 7.10. The number of rotatable bonds is 8. The molecule has 0 saturated carbocycles. The summed E-state index contributed by atoms with van der Waals surface area (Å²) in [6, 6.07) is 6.66. The van der Waals surface area contributed by atoms with E-state index in [1.807, 2.05) is 0 Å². The molecule has 7 nitrogen and oxygen atoms in total. The Morgan fingerprint density at radius 3 is 2.33 bits per heavy atom. The minimum absolute atomic E-state index is 0.0126. The van der Waals surface area contributed by atoms with Gasteiger partial charge in [-0.1, -0.05) is 12.1 Å². The lowest BCUT2D eigenvalue weighted by Crippen LogP contribution is -2.38. The highest BCUT2D eigenvalue weighted by molar-refractivity contribution is 7.92. The molecule has 1 rings (SSSR count). The Kier molecular flexibility index (Phi) is 5.99. The van der Waals surface area contributed by atoms with Crippen molar-refractivity contribution in [1.29, 1.82) is 0 Å². The summed E-state index contributed by atoms with van der Waals surface area (Å²) in [5.74, 6) is 0.349. The molecule has 0 spiro atoms. The first-order chi connectivity index (χ1) is 9.71. The maximum absolute atomic E-state index is 11.9. The van der Waals surface area contributed by atoms with Gasteiger partial charge in [-0.25, -0.2) is 21.6 Å². The Balaban J connectivity index is 2.98. The first-order valence-corrected chi connectivity index (χ1v) is 9.79. The SMILES string of the molecule is CCS(=O)(=O)NCCN(c1ccccc1OC)S(C)(=O)=O. The normalized spacial score (nSPS) is 12.1. The second-order valence-electron chi connectivity index (χ2n) is 4.30. The average molecular weight is 336 g/mol. The van der Waals surface area contributed by atoms with Gasteiger partial charge in [0.15, 0.2) is 0 Å². The minimum Gasteiger partial charge on any atom is -0.495 e. The molecule has 1 aromatic carbocycles. The molecule has 0 radical (unpaired) electrons.